The number of para-hydroxylation sites is 1. The molecule has 0 radical (unpaired) electrons. The number of ether oxygens (including phenoxy) is 2. The van der Waals surface area contributed by atoms with Crippen LogP contribution in [0.5, 0.6) is 11.5 Å². The third-order valence-corrected chi connectivity index (χ3v) is 9.20. The first-order chi connectivity index (χ1) is 23.2. The molecule has 1 aromatic heterocycles. The number of thiazole rings is 1. The zero-order chi connectivity index (χ0) is 33.8. The summed E-state index contributed by atoms with van der Waals surface area (Å²) >= 11 is 4.81. The van der Waals surface area contributed by atoms with Crippen molar-refractivity contribution in [3.05, 3.63) is 159 Å². The summed E-state index contributed by atoms with van der Waals surface area (Å²) in [7, 11) is 0. The van der Waals surface area contributed by atoms with Crippen molar-refractivity contribution in [2.45, 2.75) is 26.5 Å². The van der Waals surface area contributed by atoms with E-state index in [1.54, 1.807) is 47.9 Å². The molecule has 0 fully saturated rings. The van der Waals surface area contributed by atoms with E-state index < -0.39 is 11.0 Å². The third-order valence-electron chi connectivity index (χ3n) is 7.60. The minimum Gasteiger partial charge on any atom is -0.494 e. The zero-order valence-corrected chi connectivity index (χ0v) is 28.3. The first-order valence-corrected chi connectivity index (χ1v) is 16.6. The molecule has 2 heterocycles. The predicted molar refractivity (Wildman–Crippen MR) is 188 cm³/mol. The number of non-ortho nitro benzene ring substituents is 1. The molecule has 10 nitrogen and oxygen atoms in total. The van der Waals surface area contributed by atoms with Gasteiger partial charge in [0, 0.05) is 17.8 Å². The Balaban J connectivity index is 1.33. The molecule has 0 spiro atoms. The number of amides is 1. The molecule has 1 aliphatic heterocycles. The van der Waals surface area contributed by atoms with Crippen LogP contribution in [0.2, 0.25) is 0 Å². The molecule has 0 saturated carbocycles. The topological polar surface area (TPSA) is 125 Å². The number of nitro groups is 1. The lowest BCUT2D eigenvalue weighted by atomic mass is 9.95. The highest BCUT2D eigenvalue weighted by atomic mass is 79.9. The van der Waals surface area contributed by atoms with E-state index in [2.05, 4.69) is 21.2 Å². The molecule has 0 saturated heterocycles. The van der Waals surface area contributed by atoms with Gasteiger partial charge >= 0.3 is 0 Å². The van der Waals surface area contributed by atoms with Crippen molar-refractivity contribution in [1.82, 2.24) is 4.57 Å². The zero-order valence-electron chi connectivity index (χ0n) is 25.9. The summed E-state index contributed by atoms with van der Waals surface area (Å²) in [6.07, 6.45) is 1.78. The van der Waals surface area contributed by atoms with E-state index in [4.69, 9.17) is 14.5 Å². The standard InChI is InChI=1S/C36H29BrN4O6S/c1-3-46-28-16-12-25(13-17-28)33-32(34(42)39-26-7-5-4-6-8-26)22(2)38-36-40(33)35(43)31(48-36)20-24-11-18-30(29(37)19-24)47-21-23-9-14-27(15-10-23)41(44)45/h4-20,33H,3,21H2,1-2H3,(H,39,42)/b31-20-/t33-/m0/s1. The molecule has 1 aliphatic rings. The molecule has 12 heteroatoms. The van der Waals surface area contributed by atoms with Gasteiger partial charge in [-0.3, -0.25) is 24.3 Å². The van der Waals surface area contributed by atoms with Crippen LogP contribution in [0, 0.1) is 10.1 Å². The number of aromatic nitrogens is 1. The Bertz CT molecular complexity index is 2210. The van der Waals surface area contributed by atoms with E-state index >= 15 is 0 Å². The number of hydrogen-bond donors (Lipinski definition) is 1. The van der Waals surface area contributed by atoms with Crippen molar-refractivity contribution in [1.29, 1.82) is 0 Å². The van der Waals surface area contributed by atoms with Crippen LogP contribution in [0.15, 0.2) is 123 Å². The van der Waals surface area contributed by atoms with Crippen LogP contribution in [0.25, 0.3) is 6.08 Å². The van der Waals surface area contributed by atoms with Gasteiger partial charge in [-0.15, -0.1) is 0 Å². The number of allylic oxidation sites excluding steroid dienone is 1. The van der Waals surface area contributed by atoms with Crippen LogP contribution in [-0.4, -0.2) is 22.0 Å². The first kappa shape index (κ1) is 32.6. The molecule has 48 heavy (non-hydrogen) atoms. The van der Waals surface area contributed by atoms with E-state index in [1.807, 2.05) is 61.5 Å². The molecular formula is C36H29BrN4O6S. The number of hydrogen-bond acceptors (Lipinski definition) is 8. The number of nitro benzene ring substituents is 1. The second kappa shape index (κ2) is 14.2. The number of anilines is 1. The number of nitrogens with zero attached hydrogens (tertiary/aromatic N) is 3. The molecule has 242 valence electrons. The van der Waals surface area contributed by atoms with Crippen molar-refractivity contribution < 1.29 is 19.2 Å². The monoisotopic (exact) mass is 724 g/mol. The van der Waals surface area contributed by atoms with Crippen molar-refractivity contribution in [2.75, 3.05) is 11.9 Å². The highest BCUT2D eigenvalue weighted by Crippen LogP contribution is 2.32. The number of fused-ring (bicyclic) bond motifs is 1. The number of rotatable bonds is 10. The molecule has 1 N–H and O–H groups in total. The number of nitrogens with one attached hydrogen (secondary N) is 1. The molecule has 0 aliphatic carbocycles. The molecule has 1 amide bonds. The Hall–Kier alpha value is -5.33. The van der Waals surface area contributed by atoms with Crippen LogP contribution < -0.4 is 29.7 Å². The smallest absolute Gasteiger partial charge is 0.271 e. The normalized spacial score (nSPS) is 14.2. The molecule has 1 atom stereocenters. The second-order valence-corrected chi connectivity index (χ2v) is 12.7. The second-order valence-electron chi connectivity index (χ2n) is 10.8. The van der Waals surface area contributed by atoms with Gasteiger partial charge in [0.15, 0.2) is 4.80 Å². The summed E-state index contributed by atoms with van der Waals surface area (Å²) < 4.78 is 14.3. The van der Waals surface area contributed by atoms with Gasteiger partial charge in [0.25, 0.3) is 17.2 Å². The van der Waals surface area contributed by atoms with Gasteiger partial charge in [0.05, 0.1) is 37.8 Å². The summed E-state index contributed by atoms with van der Waals surface area (Å²) in [6.45, 7) is 4.43. The van der Waals surface area contributed by atoms with Crippen LogP contribution >= 0.6 is 27.3 Å². The average Bonchev–Trinajstić information content (AvgIpc) is 3.38. The summed E-state index contributed by atoms with van der Waals surface area (Å²) in [5.41, 5.74) is 3.56. The van der Waals surface area contributed by atoms with Gasteiger partial charge in [0.1, 0.15) is 18.1 Å². The Morgan fingerprint density at radius 3 is 2.44 bits per heavy atom. The first-order valence-electron chi connectivity index (χ1n) is 15.0. The number of benzene rings is 4. The lowest BCUT2D eigenvalue weighted by Crippen LogP contribution is -2.40. The largest absolute Gasteiger partial charge is 0.494 e. The van der Waals surface area contributed by atoms with Gasteiger partial charge in [-0.05, 0) is 101 Å². The van der Waals surface area contributed by atoms with Crippen LogP contribution in [-0.2, 0) is 11.4 Å². The quantitative estimate of drug-likeness (QED) is 0.129. The minimum absolute atomic E-state index is 0.0159. The maximum absolute atomic E-state index is 14.1. The Kier molecular flexibility index (Phi) is 9.65. The fourth-order valence-electron chi connectivity index (χ4n) is 5.31. The number of carbonyl (C=O) groups is 1. The summed E-state index contributed by atoms with van der Waals surface area (Å²) in [6, 6.07) is 27.5. The van der Waals surface area contributed by atoms with Gasteiger partial charge in [0.2, 0.25) is 0 Å². The van der Waals surface area contributed by atoms with E-state index in [1.165, 1.54) is 23.5 Å². The fourth-order valence-corrected chi connectivity index (χ4v) is 6.87. The Morgan fingerprint density at radius 1 is 1.04 bits per heavy atom. The van der Waals surface area contributed by atoms with Crippen LogP contribution in [0.4, 0.5) is 11.4 Å². The highest BCUT2D eigenvalue weighted by Gasteiger charge is 2.32. The molecule has 6 rings (SSSR count). The Morgan fingerprint density at radius 2 is 1.77 bits per heavy atom. The Labute approximate surface area is 287 Å². The van der Waals surface area contributed by atoms with Gasteiger partial charge in [-0.25, -0.2) is 4.99 Å². The highest BCUT2D eigenvalue weighted by molar-refractivity contribution is 9.10. The lowest BCUT2D eigenvalue weighted by molar-refractivity contribution is -0.384. The van der Waals surface area contributed by atoms with Crippen molar-refractivity contribution in [2.24, 2.45) is 4.99 Å². The maximum atomic E-state index is 14.1. The maximum Gasteiger partial charge on any atom is 0.271 e. The van der Waals surface area contributed by atoms with Crippen LogP contribution in [0.3, 0.4) is 0 Å². The SMILES string of the molecule is CCOc1ccc([C@H]2C(C(=O)Nc3ccccc3)=C(C)N=c3s/c(=C\c4ccc(OCc5ccc([N+](=O)[O-])cc5)c(Br)c4)c(=O)n32)cc1. The fraction of sp³-hybridized carbons (Fsp3) is 0.139. The van der Waals surface area contributed by atoms with Gasteiger partial charge in [-0.2, -0.15) is 0 Å². The van der Waals surface area contributed by atoms with Crippen molar-refractivity contribution in [3.63, 3.8) is 0 Å². The van der Waals surface area contributed by atoms with Crippen molar-refractivity contribution in [3.8, 4) is 11.5 Å². The van der Waals surface area contributed by atoms with Gasteiger partial charge in [-0.1, -0.05) is 47.7 Å². The minimum atomic E-state index is -0.718. The molecule has 5 aromatic rings. The summed E-state index contributed by atoms with van der Waals surface area (Å²) in [4.78, 5) is 43.6. The number of carbonyl (C=O) groups excluding carboxylic acids is 1. The van der Waals surface area contributed by atoms with Crippen LogP contribution in [0.1, 0.15) is 36.6 Å². The molecular weight excluding hydrogens is 696 g/mol. The third kappa shape index (κ3) is 6.99. The lowest BCUT2D eigenvalue weighted by Gasteiger charge is -2.25. The van der Waals surface area contributed by atoms with E-state index in [0.29, 0.717) is 48.9 Å². The summed E-state index contributed by atoms with van der Waals surface area (Å²) in [5.74, 6) is 0.923. The van der Waals surface area contributed by atoms with E-state index in [-0.39, 0.29) is 23.8 Å². The van der Waals surface area contributed by atoms with Crippen molar-refractivity contribution >= 4 is 50.6 Å². The molecule has 4 aromatic carbocycles. The predicted octanol–water partition coefficient (Wildman–Crippen LogP) is 6.52. The van der Waals surface area contributed by atoms with E-state index in [9.17, 15) is 19.7 Å². The molecule has 0 unspecified atom stereocenters. The average molecular weight is 726 g/mol. The van der Waals surface area contributed by atoms with Gasteiger partial charge < -0.3 is 14.8 Å². The van der Waals surface area contributed by atoms with E-state index in [0.717, 1.165) is 16.7 Å². The number of halogens is 1. The summed E-state index contributed by atoms with van der Waals surface area (Å²) in [5, 5.41) is 13.9. The molecule has 0 bridgehead atoms.